The smallest absolute Gasteiger partial charge is 0.148 e. The van der Waals surface area contributed by atoms with Crippen molar-refractivity contribution < 1.29 is 0 Å². The molecule has 0 spiro atoms. The third kappa shape index (κ3) is 0.905. The van der Waals surface area contributed by atoms with Crippen LogP contribution in [0.3, 0.4) is 0 Å². The topological polar surface area (TPSA) is 77.3 Å². The average Bonchev–Trinajstić information content (AvgIpc) is 2.29. The van der Waals surface area contributed by atoms with E-state index in [1.54, 1.807) is 0 Å². The van der Waals surface area contributed by atoms with Crippen molar-refractivity contribution in [3.63, 3.8) is 0 Å². The molecule has 0 atom stereocenters. The molecule has 0 aliphatic carbocycles. The zero-order valence-corrected chi connectivity index (χ0v) is 6.99. The zero-order chi connectivity index (χ0) is 9.38. The van der Waals surface area contributed by atoms with E-state index in [4.69, 9.17) is 0 Å². The Morgan fingerprint density at radius 2 is 1.64 bits per heavy atom. The van der Waals surface area contributed by atoms with Gasteiger partial charge < -0.3 is 0 Å². The van der Waals surface area contributed by atoms with Crippen molar-refractivity contribution in [2.75, 3.05) is 0 Å². The van der Waals surface area contributed by atoms with Gasteiger partial charge in [0.1, 0.15) is 5.52 Å². The van der Waals surface area contributed by atoms with Crippen molar-refractivity contribution in [1.82, 2.24) is 30.8 Å². The van der Waals surface area contributed by atoms with E-state index in [9.17, 15) is 0 Å². The summed E-state index contributed by atoms with van der Waals surface area (Å²) >= 11 is 0. The molecule has 0 radical (unpaired) electrons. The summed E-state index contributed by atoms with van der Waals surface area (Å²) in [6, 6.07) is 7.57. The van der Waals surface area contributed by atoms with Crippen LogP contribution in [0.15, 0.2) is 24.3 Å². The van der Waals surface area contributed by atoms with Gasteiger partial charge in [-0.25, -0.2) is 0 Å². The van der Waals surface area contributed by atoms with Crippen molar-refractivity contribution in [2.24, 2.45) is 0 Å². The molecule has 3 rings (SSSR count). The molecule has 0 aliphatic rings. The van der Waals surface area contributed by atoms with Crippen LogP contribution in [0.1, 0.15) is 0 Å². The molecule has 0 saturated carbocycles. The minimum absolute atomic E-state index is 0.415. The lowest BCUT2D eigenvalue weighted by molar-refractivity contribution is 0.787. The van der Waals surface area contributed by atoms with Crippen molar-refractivity contribution in [2.45, 2.75) is 0 Å². The first-order valence-electron chi connectivity index (χ1n) is 4.02. The third-order valence-electron chi connectivity index (χ3n) is 1.95. The first-order chi connectivity index (χ1) is 6.95. The molecule has 0 N–H and O–H groups in total. The van der Waals surface area contributed by atoms with Crippen LogP contribution in [0, 0.1) is 0 Å². The van der Waals surface area contributed by atoms with E-state index < -0.39 is 0 Å². The van der Waals surface area contributed by atoms with Gasteiger partial charge in [-0.05, 0) is 16.5 Å². The molecule has 2 aromatic heterocycles. The fourth-order valence-corrected chi connectivity index (χ4v) is 1.32. The van der Waals surface area contributed by atoms with E-state index in [1.165, 1.54) is 0 Å². The van der Waals surface area contributed by atoms with Gasteiger partial charge in [0, 0.05) is 5.39 Å². The Morgan fingerprint density at radius 1 is 0.786 bits per heavy atom. The average molecular weight is 184 g/mol. The first kappa shape index (κ1) is 7.19. The molecule has 66 valence electrons. The molecule has 0 aliphatic heterocycles. The van der Waals surface area contributed by atoms with Crippen molar-refractivity contribution >= 4 is 22.1 Å². The fraction of sp³-hybridized carbons (Fsp3) is 0. The molecule has 3 aromatic rings. The fourth-order valence-electron chi connectivity index (χ4n) is 1.32. The quantitative estimate of drug-likeness (QED) is 0.469. The number of hydrogen-bond donors (Lipinski definition) is 0. The monoisotopic (exact) mass is 184 g/mol. The summed E-state index contributed by atoms with van der Waals surface area (Å²) in [6.07, 6.45) is 0. The molecule has 0 saturated heterocycles. The van der Waals surface area contributed by atoms with Crippen LogP contribution >= 0.6 is 0 Å². The predicted octanol–water partition coefficient (Wildman–Crippen LogP) is 0.363. The molecule has 1 aromatic carbocycles. The third-order valence-corrected chi connectivity index (χ3v) is 1.95. The SMILES string of the molecule is c1ccc2c(c1)nnc1nnnnc12. The standard InChI is InChI=1S/C8H4N6/c1-2-4-6-5(3-1)7-8(11-9-6)12-14-13-10-7/h1-4H. The lowest BCUT2D eigenvalue weighted by Crippen LogP contribution is -1.97. The van der Waals surface area contributed by atoms with E-state index in [0.29, 0.717) is 11.2 Å². The van der Waals surface area contributed by atoms with Gasteiger partial charge in [-0.3, -0.25) is 0 Å². The first-order valence-corrected chi connectivity index (χ1v) is 4.02. The van der Waals surface area contributed by atoms with Crippen LogP contribution in [-0.4, -0.2) is 30.8 Å². The Bertz CT molecular complexity index is 553. The second-order valence-electron chi connectivity index (χ2n) is 2.77. The molecule has 0 bridgehead atoms. The minimum atomic E-state index is 0.415. The number of rotatable bonds is 0. The van der Waals surface area contributed by atoms with E-state index in [2.05, 4.69) is 30.8 Å². The minimum Gasteiger partial charge on any atom is -0.148 e. The van der Waals surface area contributed by atoms with Gasteiger partial charge in [0.15, 0.2) is 0 Å². The number of fused-ring (bicyclic) bond motifs is 3. The summed E-state index contributed by atoms with van der Waals surface area (Å²) in [5, 5.41) is 23.3. The van der Waals surface area contributed by atoms with E-state index >= 15 is 0 Å². The maximum Gasteiger partial charge on any atom is 0.226 e. The summed E-state index contributed by atoms with van der Waals surface area (Å²) in [5.41, 5.74) is 1.83. The van der Waals surface area contributed by atoms with Gasteiger partial charge in [0.05, 0.1) is 5.52 Å². The van der Waals surface area contributed by atoms with Crippen LogP contribution in [0.4, 0.5) is 0 Å². The molecular weight excluding hydrogens is 180 g/mol. The van der Waals surface area contributed by atoms with Gasteiger partial charge >= 0.3 is 0 Å². The molecule has 2 heterocycles. The lowest BCUT2D eigenvalue weighted by atomic mass is 10.2. The lowest BCUT2D eigenvalue weighted by Gasteiger charge is -1.96. The van der Waals surface area contributed by atoms with Crippen LogP contribution in [0.25, 0.3) is 22.1 Å². The molecule has 0 amide bonds. The highest BCUT2D eigenvalue weighted by atomic mass is 15.4. The highest BCUT2D eigenvalue weighted by molar-refractivity contribution is 5.98. The number of aromatic nitrogens is 6. The zero-order valence-electron chi connectivity index (χ0n) is 6.99. The van der Waals surface area contributed by atoms with Crippen molar-refractivity contribution in [3.8, 4) is 0 Å². The van der Waals surface area contributed by atoms with E-state index in [0.717, 1.165) is 10.9 Å². The Morgan fingerprint density at radius 3 is 2.64 bits per heavy atom. The second-order valence-corrected chi connectivity index (χ2v) is 2.77. The normalized spacial score (nSPS) is 10.9. The highest BCUT2D eigenvalue weighted by Gasteiger charge is 2.04. The maximum absolute atomic E-state index is 3.99. The number of benzene rings is 1. The van der Waals surface area contributed by atoms with Crippen LogP contribution < -0.4 is 0 Å². The van der Waals surface area contributed by atoms with E-state index in [1.807, 2.05) is 24.3 Å². The summed E-state index contributed by atoms with van der Waals surface area (Å²) in [5.74, 6) is 0. The largest absolute Gasteiger partial charge is 0.226 e. The summed E-state index contributed by atoms with van der Waals surface area (Å²) in [6.45, 7) is 0. The molecule has 0 unspecified atom stereocenters. The summed E-state index contributed by atoms with van der Waals surface area (Å²) < 4.78 is 0. The molecule has 0 fully saturated rings. The van der Waals surface area contributed by atoms with Crippen molar-refractivity contribution in [3.05, 3.63) is 24.3 Å². The van der Waals surface area contributed by atoms with Gasteiger partial charge in [-0.1, -0.05) is 18.2 Å². The molecule has 14 heavy (non-hydrogen) atoms. The number of nitrogens with zero attached hydrogens (tertiary/aromatic N) is 6. The van der Waals surface area contributed by atoms with Crippen LogP contribution in [0.2, 0.25) is 0 Å². The number of hydrogen-bond acceptors (Lipinski definition) is 6. The predicted molar refractivity (Wildman–Crippen MR) is 48.2 cm³/mol. The van der Waals surface area contributed by atoms with Gasteiger partial charge in [0.2, 0.25) is 5.65 Å². The Kier molecular flexibility index (Phi) is 1.35. The van der Waals surface area contributed by atoms with E-state index in [-0.39, 0.29) is 0 Å². The van der Waals surface area contributed by atoms with Gasteiger partial charge in [-0.2, -0.15) is 0 Å². The molecular formula is C8H4N6. The maximum atomic E-state index is 3.99. The van der Waals surface area contributed by atoms with Crippen LogP contribution in [-0.2, 0) is 0 Å². The highest BCUT2D eigenvalue weighted by Crippen LogP contribution is 2.16. The van der Waals surface area contributed by atoms with Gasteiger partial charge in [0.25, 0.3) is 0 Å². The van der Waals surface area contributed by atoms with Gasteiger partial charge in [-0.15, -0.1) is 20.4 Å². The molecule has 6 nitrogen and oxygen atoms in total. The Hall–Kier alpha value is -2.24. The Labute approximate surface area is 78.0 Å². The second kappa shape index (κ2) is 2.63. The summed E-state index contributed by atoms with van der Waals surface area (Å²) in [7, 11) is 0. The van der Waals surface area contributed by atoms with Crippen LogP contribution in [0.5, 0.6) is 0 Å². The summed E-state index contributed by atoms with van der Waals surface area (Å²) in [4.78, 5) is 0. The van der Waals surface area contributed by atoms with Crippen molar-refractivity contribution in [1.29, 1.82) is 0 Å². The Balaban J connectivity index is 2.61. The molecule has 6 heteroatoms.